The SMILES string of the molecule is O=C(CSc1n[nH]c(-c2cccs2)n1)N[C@H](c1ccccc1)c1cccs1. The Bertz CT molecular complexity index is 981. The number of benzene rings is 1. The number of carbonyl (C=O) groups excluding carboxylic acids is 1. The molecule has 4 aromatic rings. The van der Waals surface area contributed by atoms with Crippen molar-refractivity contribution in [1.29, 1.82) is 0 Å². The lowest BCUT2D eigenvalue weighted by Crippen LogP contribution is -2.30. The van der Waals surface area contributed by atoms with Gasteiger partial charge in [-0.15, -0.1) is 27.8 Å². The molecule has 136 valence electrons. The number of nitrogens with one attached hydrogen (secondary N) is 2. The lowest BCUT2D eigenvalue weighted by atomic mass is 10.1. The predicted octanol–water partition coefficient (Wildman–Crippen LogP) is 4.59. The predicted molar refractivity (Wildman–Crippen MR) is 111 cm³/mol. The van der Waals surface area contributed by atoms with Gasteiger partial charge in [-0.2, -0.15) is 0 Å². The highest BCUT2D eigenvalue weighted by molar-refractivity contribution is 7.99. The van der Waals surface area contributed by atoms with Crippen LogP contribution >= 0.6 is 34.4 Å². The van der Waals surface area contributed by atoms with Crippen LogP contribution < -0.4 is 5.32 Å². The van der Waals surface area contributed by atoms with Gasteiger partial charge in [0.1, 0.15) is 0 Å². The third kappa shape index (κ3) is 4.47. The van der Waals surface area contributed by atoms with Gasteiger partial charge in [0.05, 0.1) is 16.7 Å². The van der Waals surface area contributed by atoms with Crippen molar-refractivity contribution >= 4 is 40.3 Å². The molecule has 27 heavy (non-hydrogen) atoms. The van der Waals surface area contributed by atoms with Gasteiger partial charge in [0.15, 0.2) is 5.82 Å². The summed E-state index contributed by atoms with van der Waals surface area (Å²) in [5, 5.41) is 14.8. The molecule has 4 rings (SSSR count). The van der Waals surface area contributed by atoms with Crippen molar-refractivity contribution in [2.24, 2.45) is 0 Å². The zero-order valence-electron chi connectivity index (χ0n) is 14.2. The second kappa shape index (κ2) is 8.51. The van der Waals surface area contributed by atoms with Crippen LogP contribution in [0.3, 0.4) is 0 Å². The van der Waals surface area contributed by atoms with Crippen LogP contribution in [0.4, 0.5) is 0 Å². The number of hydrogen-bond acceptors (Lipinski definition) is 6. The number of aromatic nitrogens is 3. The number of thiophene rings is 2. The van der Waals surface area contributed by atoms with Crippen molar-refractivity contribution in [2.45, 2.75) is 11.2 Å². The van der Waals surface area contributed by atoms with E-state index in [1.807, 2.05) is 65.4 Å². The maximum Gasteiger partial charge on any atom is 0.231 e. The van der Waals surface area contributed by atoms with Gasteiger partial charge in [0, 0.05) is 4.88 Å². The molecule has 8 heteroatoms. The molecule has 0 aliphatic rings. The van der Waals surface area contributed by atoms with Gasteiger partial charge in [0.25, 0.3) is 0 Å². The smallest absolute Gasteiger partial charge is 0.231 e. The van der Waals surface area contributed by atoms with Crippen molar-refractivity contribution in [3.8, 4) is 10.7 Å². The molecule has 1 aromatic carbocycles. The highest BCUT2D eigenvalue weighted by Crippen LogP contribution is 2.27. The maximum absolute atomic E-state index is 12.5. The van der Waals surface area contributed by atoms with Gasteiger partial charge in [-0.1, -0.05) is 54.2 Å². The van der Waals surface area contributed by atoms with Crippen LogP contribution in [0.15, 0.2) is 70.5 Å². The molecular formula is C19H16N4OS3. The Morgan fingerprint density at radius 2 is 1.89 bits per heavy atom. The van der Waals surface area contributed by atoms with Crippen molar-refractivity contribution in [3.05, 3.63) is 75.8 Å². The van der Waals surface area contributed by atoms with Crippen LogP contribution in [0, 0.1) is 0 Å². The molecular weight excluding hydrogens is 396 g/mol. The molecule has 0 bridgehead atoms. The summed E-state index contributed by atoms with van der Waals surface area (Å²) in [6, 6.07) is 17.8. The fraction of sp³-hybridized carbons (Fsp3) is 0.105. The van der Waals surface area contributed by atoms with E-state index in [0.29, 0.717) is 5.16 Å². The number of H-pyrrole nitrogens is 1. The molecule has 0 saturated heterocycles. The normalized spacial score (nSPS) is 12.0. The van der Waals surface area contributed by atoms with Crippen LogP contribution in [-0.2, 0) is 4.79 Å². The first-order valence-corrected chi connectivity index (χ1v) is 11.0. The minimum absolute atomic E-state index is 0.0512. The van der Waals surface area contributed by atoms with E-state index in [2.05, 4.69) is 20.5 Å². The number of thioether (sulfide) groups is 1. The van der Waals surface area contributed by atoms with Crippen LogP contribution in [0.5, 0.6) is 0 Å². The molecule has 0 aliphatic carbocycles. The average molecular weight is 413 g/mol. The molecule has 5 nitrogen and oxygen atoms in total. The number of rotatable bonds is 7. The Labute approximate surface area is 168 Å². The van der Waals surface area contributed by atoms with Crippen molar-refractivity contribution < 1.29 is 4.79 Å². The molecule has 1 atom stereocenters. The third-order valence-electron chi connectivity index (χ3n) is 3.82. The lowest BCUT2D eigenvalue weighted by Gasteiger charge is -2.17. The van der Waals surface area contributed by atoms with Gasteiger partial charge in [-0.25, -0.2) is 4.98 Å². The van der Waals surface area contributed by atoms with E-state index in [1.165, 1.54) is 11.8 Å². The first kappa shape index (κ1) is 18.0. The van der Waals surface area contributed by atoms with E-state index in [4.69, 9.17) is 0 Å². The Kier molecular flexibility index (Phi) is 5.66. The van der Waals surface area contributed by atoms with Gasteiger partial charge in [-0.05, 0) is 28.5 Å². The third-order valence-corrected chi connectivity index (χ3v) is 6.48. The summed E-state index contributed by atoms with van der Waals surface area (Å²) in [5.74, 6) is 0.939. The van der Waals surface area contributed by atoms with Crippen LogP contribution in [0.2, 0.25) is 0 Å². The summed E-state index contributed by atoms with van der Waals surface area (Å²) in [5.41, 5.74) is 1.07. The Morgan fingerprint density at radius 3 is 2.63 bits per heavy atom. The minimum atomic E-state index is -0.145. The quantitative estimate of drug-likeness (QED) is 0.436. The Morgan fingerprint density at radius 1 is 1.07 bits per heavy atom. The summed E-state index contributed by atoms with van der Waals surface area (Å²) in [7, 11) is 0. The maximum atomic E-state index is 12.5. The van der Waals surface area contributed by atoms with Crippen molar-refractivity contribution in [2.75, 3.05) is 5.75 Å². The molecule has 0 unspecified atom stereocenters. The van der Waals surface area contributed by atoms with Crippen LogP contribution in [0.1, 0.15) is 16.5 Å². The first-order valence-electron chi connectivity index (χ1n) is 8.26. The summed E-state index contributed by atoms with van der Waals surface area (Å²) < 4.78 is 0. The highest BCUT2D eigenvalue weighted by atomic mass is 32.2. The summed E-state index contributed by atoms with van der Waals surface area (Å²) >= 11 is 4.55. The standard InChI is InChI=1S/C19H16N4OS3/c24-16(12-27-19-21-18(22-23-19)15-9-5-11-26-15)20-17(14-8-4-10-25-14)13-6-2-1-3-7-13/h1-11,17H,12H2,(H,20,24)(H,21,22,23)/t17-/m1/s1. The van der Waals surface area contributed by atoms with Crippen molar-refractivity contribution in [3.63, 3.8) is 0 Å². The second-order valence-electron chi connectivity index (χ2n) is 5.66. The van der Waals surface area contributed by atoms with Crippen molar-refractivity contribution in [1.82, 2.24) is 20.5 Å². The van der Waals surface area contributed by atoms with E-state index in [0.717, 1.165) is 21.1 Å². The Hall–Kier alpha value is -2.42. The number of hydrogen-bond donors (Lipinski definition) is 2. The number of nitrogens with zero attached hydrogens (tertiary/aromatic N) is 2. The van der Waals surface area contributed by atoms with E-state index in [-0.39, 0.29) is 17.7 Å². The largest absolute Gasteiger partial charge is 0.344 e. The van der Waals surface area contributed by atoms with Crippen LogP contribution in [0.25, 0.3) is 10.7 Å². The molecule has 0 aliphatic heterocycles. The Balaban J connectivity index is 1.40. The van der Waals surface area contributed by atoms with Gasteiger partial charge in [-0.3, -0.25) is 9.89 Å². The zero-order chi connectivity index (χ0) is 18.5. The van der Waals surface area contributed by atoms with E-state index in [9.17, 15) is 4.79 Å². The molecule has 0 radical (unpaired) electrons. The van der Waals surface area contributed by atoms with E-state index in [1.54, 1.807) is 22.7 Å². The lowest BCUT2D eigenvalue weighted by molar-refractivity contribution is -0.119. The molecule has 1 amide bonds. The van der Waals surface area contributed by atoms with Gasteiger partial charge >= 0.3 is 0 Å². The number of amides is 1. The average Bonchev–Trinajstić information content (AvgIpc) is 3.47. The monoisotopic (exact) mass is 412 g/mol. The second-order valence-corrected chi connectivity index (χ2v) is 8.53. The number of aromatic amines is 1. The minimum Gasteiger partial charge on any atom is -0.344 e. The topological polar surface area (TPSA) is 70.7 Å². The fourth-order valence-corrected chi connectivity index (χ4v) is 4.66. The summed E-state index contributed by atoms with van der Waals surface area (Å²) in [6.07, 6.45) is 0. The van der Waals surface area contributed by atoms with E-state index >= 15 is 0 Å². The summed E-state index contributed by atoms with van der Waals surface area (Å²) in [4.78, 5) is 19.1. The van der Waals surface area contributed by atoms with Gasteiger partial charge < -0.3 is 5.32 Å². The number of carbonyl (C=O) groups is 1. The first-order chi connectivity index (χ1) is 13.3. The zero-order valence-corrected chi connectivity index (χ0v) is 16.6. The summed E-state index contributed by atoms with van der Waals surface area (Å²) in [6.45, 7) is 0. The van der Waals surface area contributed by atoms with Gasteiger partial charge in [0.2, 0.25) is 11.1 Å². The fourth-order valence-electron chi connectivity index (χ4n) is 2.59. The van der Waals surface area contributed by atoms with E-state index < -0.39 is 0 Å². The molecule has 3 heterocycles. The highest BCUT2D eigenvalue weighted by Gasteiger charge is 2.18. The van der Waals surface area contributed by atoms with Crippen LogP contribution in [-0.4, -0.2) is 26.8 Å². The molecule has 3 aromatic heterocycles. The molecule has 2 N–H and O–H groups in total. The molecule has 0 fully saturated rings. The molecule has 0 saturated carbocycles. The molecule has 0 spiro atoms.